The third-order valence-corrected chi connectivity index (χ3v) is 0.927. The minimum Gasteiger partial charge on any atom is -0.481 e. The lowest BCUT2D eigenvalue weighted by Crippen LogP contribution is -1.85. The zero-order valence-electron chi connectivity index (χ0n) is 7.90. The van der Waals surface area contributed by atoms with Crippen LogP contribution in [-0.4, -0.2) is 47.7 Å². The molecular weight excluding hydrogens is 176 g/mol. The molecule has 1 rings (SSSR count). The molecule has 0 saturated carbocycles. The van der Waals surface area contributed by atoms with E-state index in [-0.39, 0.29) is 13.2 Å². The molecule has 13 heavy (non-hydrogen) atoms. The van der Waals surface area contributed by atoms with Crippen LogP contribution in [0.3, 0.4) is 0 Å². The van der Waals surface area contributed by atoms with Crippen LogP contribution in [0, 0.1) is 0 Å². The summed E-state index contributed by atoms with van der Waals surface area (Å²) in [5.74, 6) is -0.833. The highest BCUT2D eigenvalue weighted by molar-refractivity contribution is 5.62. The zero-order chi connectivity index (χ0) is 10.5. The van der Waals surface area contributed by atoms with E-state index < -0.39 is 5.97 Å². The van der Waals surface area contributed by atoms with Crippen molar-refractivity contribution >= 4 is 5.97 Å². The average molecular weight is 194 g/mol. The second-order valence-corrected chi connectivity index (χ2v) is 2.29. The molecule has 1 fully saturated rings. The fraction of sp³-hybridized carbons (Fsp3) is 0.875. The minimum absolute atomic E-state index is 0.125. The van der Waals surface area contributed by atoms with E-state index in [1.807, 2.05) is 0 Å². The first-order chi connectivity index (χ1) is 6.15. The summed E-state index contributed by atoms with van der Waals surface area (Å²) >= 11 is 0. The van der Waals surface area contributed by atoms with Crippen molar-refractivity contribution in [3.05, 3.63) is 0 Å². The topological polar surface area (TPSA) is 87.0 Å². The van der Waals surface area contributed by atoms with Crippen molar-refractivity contribution < 1.29 is 24.9 Å². The van der Waals surface area contributed by atoms with Gasteiger partial charge in [0.1, 0.15) is 0 Å². The predicted molar refractivity (Wildman–Crippen MR) is 47.5 cm³/mol. The fourth-order valence-electron chi connectivity index (χ4n) is 0.510. The molecule has 3 N–H and O–H groups in total. The first kappa shape index (κ1) is 14.9. The van der Waals surface area contributed by atoms with Crippen molar-refractivity contribution in [2.75, 3.05) is 26.4 Å². The number of aliphatic hydroxyl groups is 2. The monoisotopic (exact) mass is 194 g/mol. The summed E-state index contributed by atoms with van der Waals surface area (Å²) in [5.41, 5.74) is 0. The third-order valence-electron chi connectivity index (χ3n) is 0.927. The van der Waals surface area contributed by atoms with Gasteiger partial charge in [-0.15, -0.1) is 0 Å². The summed E-state index contributed by atoms with van der Waals surface area (Å²) in [7, 11) is 0. The molecular formula is C8H18O5. The van der Waals surface area contributed by atoms with Crippen molar-refractivity contribution in [1.29, 1.82) is 0 Å². The number of ether oxygens (including phenoxy) is 1. The lowest BCUT2D eigenvalue weighted by molar-refractivity contribution is -0.134. The Kier molecular flexibility index (Phi) is 15.9. The van der Waals surface area contributed by atoms with E-state index in [0.717, 1.165) is 20.1 Å². The Balaban J connectivity index is 0. The summed E-state index contributed by atoms with van der Waals surface area (Å²) in [6, 6.07) is 0. The molecule has 0 aromatic carbocycles. The molecule has 0 amide bonds. The molecule has 0 spiro atoms. The zero-order valence-corrected chi connectivity index (χ0v) is 7.90. The van der Waals surface area contributed by atoms with Gasteiger partial charge in [0.25, 0.3) is 5.97 Å². The van der Waals surface area contributed by atoms with Crippen molar-refractivity contribution in [1.82, 2.24) is 0 Å². The Hall–Kier alpha value is -0.650. The first-order valence-electron chi connectivity index (χ1n) is 4.14. The van der Waals surface area contributed by atoms with Crippen LogP contribution in [0.4, 0.5) is 0 Å². The summed E-state index contributed by atoms with van der Waals surface area (Å²) in [6.07, 6.45) is 2.56. The molecule has 5 heteroatoms. The van der Waals surface area contributed by atoms with E-state index in [9.17, 15) is 0 Å². The van der Waals surface area contributed by atoms with Crippen molar-refractivity contribution in [3.63, 3.8) is 0 Å². The number of hydrogen-bond acceptors (Lipinski definition) is 4. The molecule has 0 aliphatic carbocycles. The van der Waals surface area contributed by atoms with E-state index in [4.69, 9.17) is 24.9 Å². The maximum absolute atomic E-state index is 9.00. The van der Waals surface area contributed by atoms with Gasteiger partial charge in [-0.25, -0.2) is 0 Å². The SMILES string of the molecule is C1CCOC1.CC(=O)O.OCCO. The van der Waals surface area contributed by atoms with Gasteiger partial charge in [-0.2, -0.15) is 0 Å². The van der Waals surface area contributed by atoms with Crippen LogP contribution in [0.15, 0.2) is 0 Å². The molecule has 1 heterocycles. The number of rotatable bonds is 1. The lowest BCUT2D eigenvalue weighted by atomic mass is 10.4. The van der Waals surface area contributed by atoms with Crippen LogP contribution in [-0.2, 0) is 9.53 Å². The van der Waals surface area contributed by atoms with Gasteiger partial charge in [0.2, 0.25) is 0 Å². The maximum atomic E-state index is 9.00. The average Bonchev–Trinajstić information content (AvgIpc) is 2.59. The highest BCUT2D eigenvalue weighted by atomic mass is 16.5. The summed E-state index contributed by atoms with van der Waals surface area (Å²) in [5, 5.41) is 22.7. The van der Waals surface area contributed by atoms with Gasteiger partial charge in [0, 0.05) is 20.1 Å². The number of carboxylic acid groups (broad SMARTS) is 1. The van der Waals surface area contributed by atoms with Crippen LogP contribution in [0.2, 0.25) is 0 Å². The quantitative estimate of drug-likeness (QED) is 0.540. The lowest BCUT2D eigenvalue weighted by Gasteiger charge is -1.76. The Morgan fingerprint density at radius 2 is 1.54 bits per heavy atom. The van der Waals surface area contributed by atoms with Crippen LogP contribution in [0.25, 0.3) is 0 Å². The molecule has 1 aliphatic heterocycles. The van der Waals surface area contributed by atoms with Crippen LogP contribution < -0.4 is 0 Å². The summed E-state index contributed by atoms with van der Waals surface area (Å²) in [6.45, 7) is 2.83. The first-order valence-corrected chi connectivity index (χ1v) is 4.14. The van der Waals surface area contributed by atoms with Crippen LogP contribution in [0.5, 0.6) is 0 Å². The molecule has 80 valence electrons. The van der Waals surface area contributed by atoms with E-state index in [1.54, 1.807) is 0 Å². The number of aliphatic hydroxyl groups excluding tert-OH is 2. The smallest absolute Gasteiger partial charge is 0.300 e. The standard InChI is InChI=1S/C4H8O.C2H4O2.C2H6O2/c1-2-4-5-3-1;1-2(3)4;3-1-2-4/h1-4H2;1H3,(H,3,4);3-4H,1-2H2. The molecule has 0 atom stereocenters. The highest BCUT2D eigenvalue weighted by Gasteiger charge is 1.94. The predicted octanol–water partition coefficient (Wildman–Crippen LogP) is -0.141. The van der Waals surface area contributed by atoms with Crippen LogP contribution >= 0.6 is 0 Å². The fourth-order valence-corrected chi connectivity index (χ4v) is 0.510. The maximum Gasteiger partial charge on any atom is 0.300 e. The minimum atomic E-state index is -0.833. The van der Waals surface area contributed by atoms with Crippen molar-refractivity contribution in [3.8, 4) is 0 Å². The van der Waals surface area contributed by atoms with Gasteiger partial charge in [-0.05, 0) is 12.8 Å². The van der Waals surface area contributed by atoms with Gasteiger partial charge in [-0.3, -0.25) is 4.79 Å². The van der Waals surface area contributed by atoms with E-state index >= 15 is 0 Å². The number of hydrogen-bond donors (Lipinski definition) is 3. The van der Waals surface area contributed by atoms with E-state index in [2.05, 4.69) is 0 Å². The Morgan fingerprint density at radius 3 is 1.62 bits per heavy atom. The largest absolute Gasteiger partial charge is 0.481 e. The van der Waals surface area contributed by atoms with Gasteiger partial charge in [-0.1, -0.05) is 0 Å². The molecule has 5 nitrogen and oxygen atoms in total. The molecule has 1 aliphatic rings. The Morgan fingerprint density at radius 1 is 1.23 bits per heavy atom. The molecule has 0 aromatic rings. The van der Waals surface area contributed by atoms with Crippen molar-refractivity contribution in [2.45, 2.75) is 19.8 Å². The Bertz CT molecular complexity index is 87.1. The van der Waals surface area contributed by atoms with Gasteiger partial charge in [0.15, 0.2) is 0 Å². The molecule has 0 aromatic heterocycles. The Labute approximate surface area is 78.0 Å². The summed E-state index contributed by atoms with van der Waals surface area (Å²) in [4.78, 5) is 9.00. The van der Waals surface area contributed by atoms with Gasteiger partial charge in [0.05, 0.1) is 13.2 Å². The van der Waals surface area contributed by atoms with E-state index in [0.29, 0.717) is 0 Å². The molecule has 0 radical (unpaired) electrons. The number of carboxylic acids is 1. The molecule has 1 saturated heterocycles. The van der Waals surface area contributed by atoms with E-state index in [1.165, 1.54) is 12.8 Å². The normalized spacial score (nSPS) is 13.5. The van der Waals surface area contributed by atoms with Gasteiger partial charge >= 0.3 is 0 Å². The number of aliphatic carboxylic acids is 1. The highest BCUT2D eigenvalue weighted by Crippen LogP contribution is 1.98. The molecule has 0 unspecified atom stereocenters. The number of carbonyl (C=O) groups is 1. The third kappa shape index (κ3) is 34.7. The summed E-state index contributed by atoms with van der Waals surface area (Å²) < 4.78 is 4.94. The molecule has 0 bridgehead atoms. The van der Waals surface area contributed by atoms with Crippen molar-refractivity contribution in [2.24, 2.45) is 0 Å². The second kappa shape index (κ2) is 13.9. The van der Waals surface area contributed by atoms with Crippen LogP contribution in [0.1, 0.15) is 19.8 Å². The second-order valence-electron chi connectivity index (χ2n) is 2.29. The van der Waals surface area contributed by atoms with Gasteiger partial charge < -0.3 is 20.1 Å².